The van der Waals surface area contributed by atoms with Crippen molar-refractivity contribution in [2.24, 2.45) is 0 Å². The Kier molecular flexibility index (Phi) is 3.82. The van der Waals surface area contributed by atoms with Gasteiger partial charge in [0.25, 0.3) is 15.7 Å². The maximum atomic E-state index is 12.5. The quantitative estimate of drug-likeness (QED) is 0.627. The number of rotatable bonds is 3. The average Bonchev–Trinajstić information content (AvgIpc) is 2.42. The molecule has 0 N–H and O–H groups in total. The summed E-state index contributed by atoms with van der Waals surface area (Å²) in [6, 6.07) is 3.80. The standard InChI is InChI=1S/C13H14N2O5S/c1-9-7-13(16)10(2)14(8-9)21(19,20)12-5-3-11(4-6-12)15(17)18/h3-6,8,10H,7H2,1-2H3/t10-/m0/s1. The number of carbonyl (C=O) groups excluding carboxylic acids is 1. The highest BCUT2D eigenvalue weighted by molar-refractivity contribution is 7.89. The minimum absolute atomic E-state index is 0.0845. The third kappa shape index (κ3) is 2.80. The highest BCUT2D eigenvalue weighted by Gasteiger charge is 2.33. The molecule has 8 heteroatoms. The van der Waals surface area contributed by atoms with E-state index in [1.807, 2.05) is 0 Å². The number of sulfonamides is 1. The number of ketones is 1. The number of nitrogens with zero attached hydrogens (tertiary/aromatic N) is 2. The molecule has 0 aliphatic carbocycles. The summed E-state index contributed by atoms with van der Waals surface area (Å²) in [6.45, 7) is 3.20. The third-order valence-electron chi connectivity index (χ3n) is 3.27. The minimum atomic E-state index is -3.91. The second-order valence-electron chi connectivity index (χ2n) is 4.88. The lowest BCUT2D eigenvalue weighted by molar-refractivity contribution is -0.384. The summed E-state index contributed by atoms with van der Waals surface area (Å²) in [5.74, 6) is -0.180. The zero-order valence-electron chi connectivity index (χ0n) is 11.5. The van der Waals surface area contributed by atoms with Crippen molar-refractivity contribution in [2.75, 3.05) is 0 Å². The molecular weight excluding hydrogens is 296 g/mol. The fourth-order valence-electron chi connectivity index (χ4n) is 2.08. The molecule has 1 aromatic carbocycles. The first-order chi connectivity index (χ1) is 9.73. The predicted octanol–water partition coefficient (Wildman–Crippen LogP) is 1.85. The summed E-state index contributed by atoms with van der Waals surface area (Å²) in [7, 11) is -3.91. The van der Waals surface area contributed by atoms with Gasteiger partial charge in [-0.15, -0.1) is 0 Å². The number of carbonyl (C=O) groups is 1. The molecule has 0 saturated heterocycles. The van der Waals surface area contributed by atoms with E-state index in [0.717, 1.165) is 16.4 Å². The molecule has 112 valence electrons. The number of benzene rings is 1. The fraction of sp³-hybridized carbons (Fsp3) is 0.308. The lowest BCUT2D eigenvalue weighted by Crippen LogP contribution is -2.42. The van der Waals surface area contributed by atoms with Crippen LogP contribution in [0.25, 0.3) is 0 Å². The summed E-state index contributed by atoms with van der Waals surface area (Å²) >= 11 is 0. The molecule has 1 aliphatic heterocycles. The SMILES string of the molecule is CC1=CN(S(=O)(=O)c2ccc([N+](=O)[O-])cc2)[C@@H](C)C(=O)C1. The summed E-state index contributed by atoms with van der Waals surface area (Å²) < 4.78 is 26.1. The van der Waals surface area contributed by atoms with Crippen LogP contribution in [0.15, 0.2) is 40.9 Å². The molecule has 2 rings (SSSR count). The van der Waals surface area contributed by atoms with E-state index < -0.39 is 21.0 Å². The molecule has 1 atom stereocenters. The molecule has 0 unspecified atom stereocenters. The first kappa shape index (κ1) is 15.2. The predicted molar refractivity (Wildman–Crippen MR) is 75.0 cm³/mol. The molecule has 0 bridgehead atoms. The van der Waals surface area contributed by atoms with E-state index in [9.17, 15) is 23.3 Å². The van der Waals surface area contributed by atoms with Crippen LogP contribution in [-0.2, 0) is 14.8 Å². The van der Waals surface area contributed by atoms with Crippen molar-refractivity contribution in [1.29, 1.82) is 0 Å². The van der Waals surface area contributed by atoms with Crippen molar-refractivity contribution in [2.45, 2.75) is 31.2 Å². The van der Waals surface area contributed by atoms with Gasteiger partial charge in [0.2, 0.25) is 0 Å². The number of non-ortho nitro benzene ring substituents is 1. The molecule has 0 fully saturated rings. The van der Waals surface area contributed by atoms with Crippen LogP contribution in [0.5, 0.6) is 0 Å². The van der Waals surface area contributed by atoms with Gasteiger partial charge in [0.05, 0.1) is 9.82 Å². The highest BCUT2D eigenvalue weighted by Crippen LogP contribution is 2.26. The number of Topliss-reactive ketones (excluding diaryl/α,β-unsaturated/α-hetero) is 1. The van der Waals surface area contributed by atoms with Gasteiger partial charge in [0.15, 0.2) is 5.78 Å². The van der Waals surface area contributed by atoms with Crippen molar-refractivity contribution < 1.29 is 18.1 Å². The molecule has 21 heavy (non-hydrogen) atoms. The summed E-state index contributed by atoms with van der Waals surface area (Å²) in [4.78, 5) is 21.7. The third-order valence-corrected chi connectivity index (χ3v) is 5.12. The number of hydrogen-bond donors (Lipinski definition) is 0. The van der Waals surface area contributed by atoms with Crippen molar-refractivity contribution in [3.63, 3.8) is 0 Å². The average molecular weight is 310 g/mol. The minimum Gasteiger partial charge on any atom is -0.297 e. The molecule has 1 aliphatic rings. The van der Waals surface area contributed by atoms with Gasteiger partial charge in [0, 0.05) is 24.8 Å². The van der Waals surface area contributed by atoms with Crippen molar-refractivity contribution in [3.05, 3.63) is 46.2 Å². The molecule has 0 spiro atoms. The molecular formula is C13H14N2O5S. The van der Waals surface area contributed by atoms with E-state index >= 15 is 0 Å². The van der Waals surface area contributed by atoms with Gasteiger partial charge < -0.3 is 0 Å². The van der Waals surface area contributed by atoms with Gasteiger partial charge in [0.1, 0.15) is 6.04 Å². The number of nitro groups is 1. The number of allylic oxidation sites excluding steroid dienone is 1. The monoisotopic (exact) mass is 310 g/mol. The van der Waals surface area contributed by atoms with Gasteiger partial charge in [-0.1, -0.05) is 0 Å². The van der Waals surface area contributed by atoms with E-state index in [1.54, 1.807) is 6.92 Å². The summed E-state index contributed by atoms with van der Waals surface area (Å²) in [5.41, 5.74) is 0.465. The zero-order chi connectivity index (χ0) is 15.8. The first-order valence-corrected chi connectivity index (χ1v) is 7.65. The molecule has 0 amide bonds. The highest BCUT2D eigenvalue weighted by atomic mass is 32.2. The smallest absolute Gasteiger partial charge is 0.269 e. The second-order valence-corrected chi connectivity index (χ2v) is 6.72. The van der Waals surface area contributed by atoms with Crippen LogP contribution >= 0.6 is 0 Å². The Morgan fingerprint density at radius 3 is 2.38 bits per heavy atom. The van der Waals surface area contributed by atoms with Crippen LogP contribution < -0.4 is 0 Å². The topological polar surface area (TPSA) is 97.6 Å². The fourth-order valence-corrected chi connectivity index (χ4v) is 3.65. The van der Waals surface area contributed by atoms with Gasteiger partial charge in [-0.25, -0.2) is 8.42 Å². The molecule has 1 heterocycles. The molecule has 7 nitrogen and oxygen atoms in total. The zero-order valence-corrected chi connectivity index (χ0v) is 12.3. The van der Waals surface area contributed by atoms with Crippen LogP contribution in [0, 0.1) is 10.1 Å². The van der Waals surface area contributed by atoms with Crippen LogP contribution in [0.1, 0.15) is 20.3 Å². The van der Waals surface area contributed by atoms with Crippen molar-refractivity contribution >= 4 is 21.5 Å². The van der Waals surface area contributed by atoms with Crippen LogP contribution in [0.2, 0.25) is 0 Å². The molecule has 0 saturated carbocycles. The van der Waals surface area contributed by atoms with E-state index in [2.05, 4.69) is 0 Å². The first-order valence-electron chi connectivity index (χ1n) is 6.21. The largest absolute Gasteiger partial charge is 0.297 e. The van der Waals surface area contributed by atoms with E-state index in [-0.39, 0.29) is 22.8 Å². The molecule has 0 radical (unpaired) electrons. The van der Waals surface area contributed by atoms with Crippen molar-refractivity contribution in [1.82, 2.24) is 4.31 Å². The maximum Gasteiger partial charge on any atom is 0.269 e. The van der Waals surface area contributed by atoms with E-state index in [0.29, 0.717) is 5.57 Å². The Bertz CT molecular complexity index is 721. The van der Waals surface area contributed by atoms with Crippen LogP contribution in [0.3, 0.4) is 0 Å². The van der Waals surface area contributed by atoms with Gasteiger partial charge in [-0.3, -0.25) is 19.2 Å². The Morgan fingerprint density at radius 2 is 1.86 bits per heavy atom. The number of hydrogen-bond acceptors (Lipinski definition) is 5. The summed E-state index contributed by atoms with van der Waals surface area (Å²) in [6.07, 6.45) is 1.66. The Labute approximate surface area is 122 Å². The van der Waals surface area contributed by atoms with Crippen molar-refractivity contribution in [3.8, 4) is 0 Å². The maximum absolute atomic E-state index is 12.5. The lowest BCUT2D eigenvalue weighted by atomic mass is 10.0. The van der Waals surface area contributed by atoms with Crippen LogP contribution in [0.4, 0.5) is 5.69 Å². The molecule has 0 aromatic heterocycles. The Morgan fingerprint density at radius 1 is 1.29 bits per heavy atom. The van der Waals surface area contributed by atoms with Crippen LogP contribution in [-0.4, -0.2) is 29.5 Å². The van der Waals surface area contributed by atoms with E-state index in [1.165, 1.54) is 25.3 Å². The number of nitro benzene ring substituents is 1. The van der Waals surface area contributed by atoms with Gasteiger partial charge in [-0.05, 0) is 31.6 Å². The van der Waals surface area contributed by atoms with E-state index in [4.69, 9.17) is 0 Å². The van der Waals surface area contributed by atoms with Gasteiger partial charge >= 0.3 is 0 Å². The Balaban J connectivity index is 2.44. The summed E-state index contributed by atoms with van der Waals surface area (Å²) in [5, 5.41) is 10.6. The van der Waals surface area contributed by atoms with Gasteiger partial charge in [-0.2, -0.15) is 0 Å². The molecule has 1 aromatic rings. The normalized spacial score (nSPS) is 19.3. The second kappa shape index (κ2) is 5.28. The lowest BCUT2D eigenvalue weighted by Gasteiger charge is -2.30. The Hall–Kier alpha value is -2.22.